The highest BCUT2D eigenvalue weighted by Crippen LogP contribution is 2.23. The molecule has 0 bridgehead atoms. The first-order chi connectivity index (χ1) is 17.4. The van der Waals surface area contributed by atoms with Crippen molar-refractivity contribution in [2.45, 2.75) is 32.4 Å². The summed E-state index contributed by atoms with van der Waals surface area (Å²) in [6.07, 6.45) is 2.13. The van der Waals surface area contributed by atoms with Crippen molar-refractivity contribution >= 4 is 17.6 Å². The predicted molar refractivity (Wildman–Crippen MR) is 141 cm³/mol. The molecule has 1 saturated heterocycles. The van der Waals surface area contributed by atoms with Crippen molar-refractivity contribution in [3.05, 3.63) is 89.5 Å². The Morgan fingerprint density at radius 3 is 2.47 bits per heavy atom. The molecule has 1 aliphatic rings. The quantitative estimate of drug-likeness (QED) is 0.418. The number of anilines is 1. The molecule has 1 unspecified atom stereocenters. The monoisotopic (exact) mass is 487 g/mol. The molecule has 1 aliphatic heterocycles. The molecule has 36 heavy (non-hydrogen) atoms. The summed E-state index contributed by atoms with van der Waals surface area (Å²) in [6.45, 7) is 4.66. The summed E-state index contributed by atoms with van der Waals surface area (Å²) in [6, 6.07) is 22.8. The highest BCUT2D eigenvalue weighted by molar-refractivity contribution is 5.92. The lowest BCUT2D eigenvalue weighted by Crippen LogP contribution is -2.42. The van der Waals surface area contributed by atoms with Crippen LogP contribution in [-0.4, -0.2) is 59.5 Å². The van der Waals surface area contributed by atoms with Gasteiger partial charge in [-0.15, -0.1) is 0 Å². The fraction of sp³-hybridized carbons (Fsp3) is 0.310. The van der Waals surface area contributed by atoms with Crippen LogP contribution in [0.3, 0.4) is 0 Å². The first kappa shape index (κ1) is 25.4. The van der Waals surface area contributed by atoms with Gasteiger partial charge < -0.3 is 20.1 Å². The Hall–Kier alpha value is -3.68. The molecule has 0 aromatic heterocycles. The minimum absolute atomic E-state index is 0.0267. The maximum absolute atomic E-state index is 12.7. The third-order valence-electron chi connectivity index (χ3n) is 6.46. The van der Waals surface area contributed by atoms with Gasteiger partial charge in [0, 0.05) is 24.8 Å². The van der Waals surface area contributed by atoms with Gasteiger partial charge in [0.2, 0.25) is 5.91 Å². The molecular formula is C29H33N3O4. The highest BCUT2D eigenvalue weighted by atomic mass is 16.5. The van der Waals surface area contributed by atoms with Gasteiger partial charge in [0.1, 0.15) is 11.5 Å². The molecule has 7 heteroatoms. The van der Waals surface area contributed by atoms with Gasteiger partial charge >= 0.3 is 5.97 Å². The Balaban J connectivity index is 1.26. The van der Waals surface area contributed by atoms with Crippen LogP contribution in [0.2, 0.25) is 0 Å². The Kier molecular flexibility index (Phi) is 8.36. The van der Waals surface area contributed by atoms with E-state index in [-0.39, 0.29) is 5.91 Å². The SMILES string of the molecule is Cc1cc(CN(C)CC2CCCN2CC(=O)Nc2ccc(Oc3ccccc3)cc2)ccc1C(=O)O. The number of carbonyl (C=O) groups excluding carboxylic acids is 1. The van der Waals surface area contributed by atoms with Crippen molar-refractivity contribution in [2.75, 3.05) is 32.0 Å². The van der Waals surface area contributed by atoms with Crippen LogP contribution in [0.4, 0.5) is 5.69 Å². The van der Waals surface area contributed by atoms with Crippen LogP contribution in [0.1, 0.15) is 34.3 Å². The molecule has 0 radical (unpaired) electrons. The number of likely N-dealkylation sites (tertiary alicyclic amines) is 1. The number of nitrogens with zero attached hydrogens (tertiary/aromatic N) is 2. The van der Waals surface area contributed by atoms with Crippen LogP contribution < -0.4 is 10.1 Å². The Bertz CT molecular complexity index is 1180. The maximum Gasteiger partial charge on any atom is 0.335 e. The van der Waals surface area contributed by atoms with E-state index in [9.17, 15) is 14.7 Å². The van der Waals surface area contributed by atoms with Crippen molar-refractivity contribution in [1.29, 1.82) is 0 Å². The average Bonchev–Trinajstić information content (AvgIpc) is 3.26. The summed E-state index contributed by atoms with van der Waals surface area (Å²) in [5.74, 6) is 0.561. The molecule has 0 spiro atoms. The lowest BCUT2D eigenvalue weighted by molar-refractivity contribution is -0.117. The first-order valence-corrected chi connectivity index (χ1v) is 12.3. The van der Waals surface area contributed by atoms with Gasteiger partial charge in [0.25, 0.3) is 0 Å². The van der Waals surface area contributed by atoms with Crippen LogP contribution in [0.5, 0.6) is 11.5 Å². The normalized spacial score (nSPS) is 15.7. The third kappa shape index (κ3) is 6.93. The molecule has 1 fully saturated rings. The van der Waals surface area contributed by atoms with Gasteiger partial charge in [-0.3, -0.25) is 9.69 Å². The molecule has 1 atom stereocenters. The standard InChI is InChI=1S/C29H33N3O4/c1-21-17-22(10-15-27(21)29(34)35)18-31(2)19-24-7-6-16-32(24)20-28(33)30-23-11-13-26(14-12-23)36-25-8-4-3-5-9-25/h3-5,8-15,17,24H,6-7,16,18-20H2,1-2H3,(H,30,33)(H,34,35). The number of hydrogen-bond donors (Lipinski definition) is 2. The molecule has 1 heterocycles. The van der Waals surface area contributed by atoms with Crippen LogP contribution in [-0.2, 0) is 11.3 Å². The van der Waals surface area contributed by atoms with Crippen molar-refractivity contribution in [2.24, 2.45) is 0 Å². The number of carbonyl (C=O) groups is 2. The average molecular weight is 488 g/mol. The number of aryl methyl sites for hydroxylation is 1. The second-order valence-electron chi connectivity index (χ2n) is 9.41. The zero-order chi connectivity index (χ0) is 25.5. The van der Waals surface area contributed by atoms with Gasteiger partial charge in [-0.2, -0.15) is 0 Å². The van der Waals surface area contributed by atoms with Gasteiger partial charge in [-0.1, -0.05) is 30.3 Å². The molecule has 2 N–H and O–H groups in total. The summed E-state index contributed by atoms with van der Waals surface area (Å²) in [7, 11) is 2.07. The number of rotatable bonds is 10. The highest BCUT2D eigenvalue weighted by Gasteiger charge is 2.27. The minimum Gasteiger partial charge on any atom is -0.478 e. The summed E-state index contributed by atoms with van der Waals surface area (Å²) in [5, 5.41) is 12.2. The lowest BCUT2D eigenvalue weighted by atomic mass is 10.0. The van der Waals surface area contributed by atoms with E-state index >= 15 is 0 Å². The van der Waals surface area contributed by atoms with Crippen molar-refractivity contribution in [3.63, 3.8) is 0 Å². The Labute approximate surface area is 212 Å². The number of carboxylic acids is 1. The van der Waals surface area contributed by atoms with Crippen molar-refractivity contribution < 1.29 is 19.4 Å². The maximum atomic E-state index is 12.7. The molecule has 3 aromatic rings. The van der Waals surface area contributed by atoms with E-state index in [1.807, 2.05) is 73.7 Å². The molecule has 1 amide bonds. The smallest absolute Gasteiger partial charge is 0.335 e. The summed E-state index contributed by atoms with van der Waals surface area (Å²) < 4.78 is 5.81. The number of para-hydroxylation sites is 1. The van der Waals surface area contributed by atoms with Crippen LogP contribution in [0.25, 0.3) is 0 Å². The van der Waals surface area contributed by atoms with E-state index in [1.165, 1.54) is 0 Å². The fourth-order valence-electron chi connectivity index (χ4n) is 4.73. The summed E-state index contributed by atoms with van der Waals surface area (Å²) >= 11 is 0. The molecule has 0 saturated carbocycles. The Morgan fingerprint density at radius 1 is 1.06 bits per heavy atom. The van der Waals surface area contributed by atoms with Crippen molar-refractivity contribution in [3.8, 4) is 11.5 Å². The number of hydrogen-bond acceptors (Lipinski definition) is 5. The minimum atomic E-state index is -0.899. The van der Waals surface area contributed by atoms with E-state index < -0.39 is 5.97 Å². The largest absolute Gasteiger partial charge is 0.478 e. The number of benzene rings is 3. The number of carboxylic acid groups (broad SMARTS) is 1. The van der Waals surface area contributed by atoms with Gasteiger partial charge in [-0.05, 0) is 86.9 Å². The number of aromatic carboxylic acids is 1. The predicted octanol–water partition coefficient (Wildman–Crippen LogP) is 5.02. The molecule has 4 rings (SSSR count). The van der Waals surface area contributed by atoms with Crippen LogP contribution in [0.15, 0.2) is 72.8 Å². The van der Waals surface area contributed by atoms with E-state index in [4.69, 9.17) is 4.74 Å². The zero-order valence-corrected chi connectivity index (χ0v) is 20.8. The van der Waals surface area contributed by atoms with Crippen LogP contribution >= 0.6 is 0 Å². The van der Waals surface area contributed by atoms with Crippen molar-refractivity contribution in [1.82, 2.24) is 9.80 Å². The van der Waals surface area contributed by atoms with E-state index in [2.05, 4.69) is 22.2 Å². The van der Waals surface area contributed by atoms with E-state index in [0.717, 1.165) is 60.8 Å². The third-order valence-corrected chi connectivity index (χ3v) is 6.46. The van der Waals surface area contributed by atoms with Gasteiger partial charge in [0.05, 0.1) is 12.1 Å². The lowest BCUT2D eigenvalue weighted by Gasteiger charge is -2.28. The molecule has 0 aliphatic carbocycles. The summed E-state index contributed by atoms with van der Waals surface area (Å²) in [5.41, 5.74) is 2.94. The molecule has 3 aromatic carbocycles. The molecule has 7 nitrogen and oxygen atoms in total. The van der Waals surface area contributed by atoms with Gasteiger partial charge in [0.15, 0.2) is 0 Å². The number of nitrogens with one attached hydrogen (secondary N) is 1. The van der Waals surface area contributed by atoms with Crippen LogP contribution in [0, 0.1) is 6.92 Å². The number of amides is 1. The Morgan fingerprint density at radius 2 is 1.78 bits per heavy atom. The fourth-order valence-corrected chi connectivity index (χ4v) is 4.73. The molecule has 188 valence electrons. The number of likely N-dealkylation sites (N-methyl/N-ethyl adjacent to an activating group) is 1. The molecular weight excluding hydrogens is 454 g/mol. The van der Waals surface area contributed by atoms with E-state index in [1.54, 1.807) is 6.07 Å². The second-order valence-corrected chi connectivity index (χ2v) is 9.41. The van der Waals surface area contributed by atoms with E-state index in [0.29, 0.717) is 18.2 Å². The first-order valence-electron chi connectivity index (χ1n) is 12.3. The second kappa shape index (κ2) is 11.8. The summed E-state index contributed by atoms with van der Waals surface area (Å²) in [4.78, 5) is 28.5. The zero-order valence-electron chi connectivity index (χ0n) is 20.8. The number of ether oxygens (including phenoxy) is 1. The topological polar surface area (TPSA) is 82.1 Å². The van der Waals surface area contributed by atoms with Gasteiger partial charge in [-0.25, -0.2) is 4.79 Å².